The highest BCUT2D eigenvalue weighted by Crippen LogP contribution is 2.19. The van der Waals surface area contributed by atoms with E-state index in [1.807, 2.05) is 25.8 Å². The molecule has 5 nitrogen and oxygen atoms in total. The van der Waals surface area contributed by atoms with Crippen LogP contribution in [0.25, 0.3) is 0 Å². The molecule has 110 valence electrons. The maximum Gasteiger partial charge on any atom is 0.239 e. The number of carbonyl (C=O) groups excluding carboxylic acids is 2. The van der Waals surface area contributed by atoms with Crippen molar-refractivity contribution in [1.29, 1.82) is 0 Å². The number of carbonyl (C=O) groups is 2. The monoisotopic (exact) mass is 269 g/mol. The lowest BCUT2D eigenvalue weighted by molar-refractivity contribution is -0.135. The van der Waals surface area contributed by atoms with Crippen LogP contribution in [-0.4, -0.2) is 54.3 Å². The van der Waals surface area contributed by atoms with Gasteiger partial charge in [0.15, 0.2) is 0 Å². The predicted octanol–water partition coefficient (Wildman–Crippen LogP) is 0.687. The Hall–Kier alpha value is -1.10. The normalized spacial score (nSPS) is 18.5. The van der Waals surface area contributed by atoms with Crippen molar-refractivity contribution in [3.8, 4) is 0 Å². The Bertz CT molecular complexity index is 323. The fourth-order valence-electron chi connectivity index (χ4n) is 2.35. The van der Waals surface area contributed by atoms with Gasteiger partial charge in [-0.25, -0.2) is 0 Å². The van der Waals surface area contributed by atoms with Crippen LogP contribution in [0.5, 0.6) is 0 Å². The number of nitrogens with two attached hydrogens (primary N) is 1. The third-order valence-electron chi connectivity index (χ3n) is 4.00. The third kappa shape index (κ3) is 4.49. The summed E-state index contributed by atoms with van der Waals surface area (Å²) in [5.41, 5.74) is 5.90. The SMILES string of the molecule is CC(=O)N(C)CC1CCN(C(=O)C(N)C(C)C)CC1. The molecule has 0 radical (unpaired) electrons. The Morgan fingerprint density at radius 2 is 1.84 bits per heavy atom. The van der Waals surface area contributed by atoms with Gasteiger partial charge in [0.1, 0.15) is 0 Å². The van der Waals surface area contributed by atoms with Crippen molar-refractivity contribution in [3.05, 3.63) is 0 Å². The van der Waals surface area contributed by atoms with Crippen LogP contribution in [-0.2, 0) is 9.59 Å². The molecule has 0 aromatic rings. The molecule has 19 heavy (non-hydrogen) atoms. The van der Waals surface area contributed by atoms with E-state index >= 15 is 0 Å². The minimum atomic E-state index is -0.392. The molecule has 1 aliphatic heterocycles. The van der Waals surface area contributed by atoms with Gasteiger partial charge < -0.3 is 15.5 Å². The summed E-state index contributed by atoms with van der Waals surface area (Å²) >= 11 is 0. The Morgan fingerprint density at radius 3 is 2.26 bits per heavy atom. The van der Waals surface area contributed by atoms with Gasteiger partial charge in [-0.3, -0.25) is 9.59 Å². The number of nitrogens with zero attached hydrogens (tertiary/aromatic N) is 2. The summed E-state index contributed by atoms with van der Waals surface area (Å²) in [6.07, 6.45) is 1.91. The van der Waals surface area contributed by atoms with E-state index < -0.39 is 6.04 Å². The van der Waals surface area contributed by atoms with E-state index in [1.54, 1.807) is 11.8 Å². The molecule has 0 aliphatic carbocycles. The van der Waals surface area contributed by atoms with Crippen molar-refractivity contribution >= 4 is 11.8 Å². The Kier molecular flexibility index (Phi) is 5.79. The highest BCUT2D eigenvalue weighted by molar-refractivity contribution is 5.82. The Labute approximate surface area is 116 Å². The zero-order valence-corrected chi connectivity index (χ0v) is 12.6. The van der Waals surface area contributed by atoms with Crippen molar-refractivity contribution in [1.82, 2.24) is 9.80 Å². The molecule has 1 unspecified atom stereocenters. The average molecular weight is 269 g/mol. The van der Waals surface area contributed by atoms with Gasteiger partial charge in [-0.2, -0.15) is 0 Å². The summed E-state index contributed by atoms with van der Waals surface area (Å²) in [5.74, 6) is 0.830. The largest absolute Gasteiger partial charge is 0.346 e. The molecule has 0 bridgehead atoms. The van der Waals surface area contributed by atoms with E-state index in [4.69, 9.17) is 5.73 Å². The van der Waals surface area contributed by atoms with Gasteiger partial charge in [0, 0.05) is 33.6 Å². The van der Waals surface area contributed by atoms with Crippen LogP contribution in [0.2, 0.25) is 0 Å². The summed E-state index contributed by atoms with van der Waals surface area (Å²) in [6, 6.07) is -0.392. The molecule has 1 rings (SSSR count). The zero-order valence-electron chi connectivity index (χ0n) is 12.6. The molecule has 2 amide bonds. The van der Waals surface area contributed by atoms with E-state index in [9.17, 15) is 9.59 Å². The molecule has 1 atom stereocenters. The number of hydrogen-bond donors (Lipinski definition) is 1. The van der Waals surface area contributed by atoms with E-state index in [0.29, 0.717) is 5.92 Å². The van der Waals surface area contributed by atoms with E-state index in [2.05, 4.69) is 0 Å². The summed E-state index contributed by atoms with van der Waals surface area (Å²) in [6.45, 7) is 7.83. The van der Waals surface area contributed by atoms with Crippen molar-refractivity contribution in [3.63, 3.8) is 0 Å². The minimum Gasteiger partial charge on any atom is -0.346 e. The molecule has 0 spiro atoms. The van der Waals surface area contributed by atoms with Gasteiger partial charge in [-0.05, 0) is 24.7 Å². The number of rotatable bonds is 4. The lowest BCUT2D eigenvalue weighted by Crippen LogP contribution is -2.50. The molecule has 1 fully saturated rings. The van der Waals surface area contributed by atoms with Crippen molar-refractivity contribution in [2.45, 2.75) is 39.7 Å². The number of likely N-dealkylation sites (tertiary alicyclic amines) is 1. The van der Waals surface area contributed by atoms with Crippen LogP contribution in [0, 0.1) is 11.8 Å². The summed E-state index contributed by atoms with van der Waals surface area (Å²) < 4.78 is 0. The van der Waals surface area contributed by atoms with Gasteiger partial charge >= 0.3 is 0 Å². The quantitative estimate of drug-likeness (QED) is 0.816. The third-order valence-corrected chi connectivity index (χ3v) is 4.00. The standard InChI is InChI=1S/C14H27N3O2/c1-10(2)13(15)14(19)17-7-5-12(6-8-17)9-16(4)11(3)18/h10,12-13H,5-9,15H2,1-4H3. The first kappa shape index (κ1) is 16.0. The molecule has 5 heteroatoms. The van der Waals surface area contributed by atoms with Gasteiger partial charge in [0.2, 0.25) is 11.8 Å². The minimum absolute atomic E-state index is 0.0633. The lowest BCUT2D eigenvalue weighted by Gasteiger charge is -2.35. The van der Waals surface area contributed by atoms with Crippen LogP contribution < -0.4 is 5.73 Å². The molecule has 0 aromatic carbocycles. The second-order valence-electron chi connectivity index (χ2n) is 5.94. The Morgan fingerprint density at radius 1 is 1.32 bits per heavy atom. The average Bonchev–Trinajstić information content (AvgIpc) is 2.37. The molecule has 0 saturated carbocycles. The second kappa shape index (κ2) is 6.89. The van der Waals surface area contributed by atoms with Crippen LogP contribution in [0.15, 0.2) is 0 Å². The number of piperidine rings is 1. The molecule has 1 aliphatic rings. The molecule has 1 saturated heterocycles. The van der Waals surface area contributed by atoms with Gasteiger partial charge in [-0.1, -0.05) is 13.8 Å². The van der Waals surface area contributed by atoms with E-state index in [0.717, 1.165) is 32.5 Å². The highest BCUT2D eigenvalue weighted by atomic mass is 16.2. The molecule has 1 heterocycles. The number of amides is 2. The summed E-state index contributed by atoms with van der Waals surface area (Å²) in [7, 11) is 1.83. The van der Waals surface area contributed by atoms with Crippen LogP contribution >= 0.6 is 0 Å². The summed E-state index contributed by atoms with van der Waals surface area (Å²) in [5, 5.41) is 0. The van der Waals surface area contributed by atoms with E-state index in [1.165, 1.54) is 0 Å². The predicted molar refractivity (Wildman–Crippen MR) is 75.4 cm³/mol. The van der Waals surface area contributed by atoms with Crippen molar-refractivity contribution < 1.29 is 9.59 Å². The smallest absolute Gasteiger partial charge is 0.239 e. The van der Waals surface area contributed by atoms with Crippen molar-refractivity contribution in [2.75, 3.05) is 26.7 Å². The lowest BCUT2D eigenvalue weighted by atomic mass is 9.95. The molecule has 0 aromatic heterocycles. The maximum atomic E-state index is 12.1. The molecular formula is C14H27N3O2. The van der Waals surface area contributed by atoms with Crippen LogP contribution in [0.4, 0.5) is 0 Å². The topological polar surface area (TPSA) is 66.6 Å². The van der Waals surface area contributed by atoms with Gasteiger partial charge in [-0.15, -0.1) is 0 Å². The summed E-state index contributed by atoms with van der Waals surface area (Å²) in [4.78, 5) is 26.9. The highest BCUT2D eigenvalue weighted by Gasteiger charge is 2.28. The first-order chi connectivity index (χ1) is 8.82. The van der Waals surface area contributed by atoms with Crippen LogP contribution in [0.3, 0.4) is 0 Å². The van der Waals surface area contributed by atoms with E-state index in [-0.39, 0.29) is 17.7 Å². The molecular weight excluding hydrogens is 242 g/mol. The fraction of sp³-hybridized carbons (Fsp3) is 0.857. The first-order valence-corrected chi connectivity index (χ1v) is 7.09. The van der Waals surface area contributed by atoms with Gasteiger partial charge in [0.05, 0.1) is 6.04 Å². The van der Waals surface area contributed by atoms with Gasteiger partial charge in [0.25, 0.3) is 0 Å². The molecule has 2 N–H and O–H groups in total. The van der Waals surface area contributed by atoms with Crippen LogP contribution in [0.1, 0.15) is 33.6 Å². The fourth-order valence-corrected chi connectivity index (χ4v) is 2.35. The Balaban J connectivity index is 2.40. The number of hydrogen-bond acceptors (Lipinski definition) is 3. The maximum absolute atomic E-state index is 12.1. The second-order valence-corrected chi connectivity index (χ2v) is 5.94. The first-order valence-electron chi connectivity index (χ1n) is 7.09. The van der Waals surface area contributed by atoms with Crippen molar-refractivity contribution in [2.24, 2.45) is 17.6 Å². The zero-order chi connectivity index (χ0) is 14.6.